The summed E-state index contributed by atoms with van der Waals surface area (Å²) in [6.07, 6.45) is 6.59. The molecule has 0 unspecified atom stereocenters. The first-order valence-corrected chi connectivity index (χ1v) is 12.6. The predicted molar refractivity (Wildman–Crippen MR) is 116 cm³/mol. The van der Waals surface area contributed by atoms with Gasteiger partial charge in [0, 0.05) is 25.5 Å². The smallest absolute Gasteiger partial charge is 0.261 e. The zero-order valence-corrected chi connectivity index (χ0v) is 19.3. The highest BCUT2D eigenvalue weighted by atomic mass is 35.5. The van der Waals surface area contributed by atoms with Gasteiger partial charge >= 0.3 is 0 Å². The van der Waals surface area contributed by atoms with Crippen molar-refractivity contribution in [2.45, 2.75) is 44.1 Å². The zero-order chi connectivity index (χ0) is 22.4. The number of hydrogen-bond donors (Lipinski definition) is 2. The van der Waals surface area contributed by atoms with E-state index in [1.807, 2.05) is 11.0 Å². The Morgan fingerprint density at radius 3 is 2.43 bits per heavy atom. The minimum absolute atomic E-state index is 0.0221. The van der Waals surface area contributed by atoms with Crippen molar-refractivity contribution in [3.63, 3.8) is 0 Å². The van der Waals surface area contributed by atoms with E-state index in [2.05, 4.69) is 0 Å². The van der Waals surface area contributed by atoms with Crippen molar-refractivity contribution < 1.29 is 27.6 Å². The monoisotopic (exact) mass is 481 g/mol. The summed E-state index contributed by atoms with van der Waals surface area (Å²) in [6, 6.07) is 5.40. The van der Waals surface area contributed by atoms with Crippen LogP contribution in [0, 0.1) is 5.92 Å². The number of halogens is 2. The quantitative estimate of drug-likeness (QED) is 0.637. The van der Waals surface area contributed by atoms with Gasteiger partial charge in [0.15, 0.2) is 0 Å². The van der Waals surface area contributed by atoms with Crippen molar-refractivity contribution >= 4 is 39.2 Å². The Balaban J connectivity index is 0.000000575. The lowest BCUT2D eigenvalue weighted by molar-refractivity contribution is -0.160. The maximum Gasteiger partial charge on any atom is 0.261 e. The van der Waals surface area contributed by atoms with Crippen LogP contribution in [0.1, 0.15) is 44.1 Å². The van der Waals surface area contributed by atoms with Gasteiger partial charge in [0.1, 0.15) is 5.60 Å². The van der Waals surface area contributed by atoms with Gasteiger partial charge < -0.3 is 14.7 Å². The van der Waals surface area contributed by atoms with E-state index in [0.29, 0.717) is 42.4 Å². The molecule has 1 aliphatic carbocycles. The first kappa shape index (κ1) is 25.4. The standard InChI is InChI=1S/C19H25Cl2NO3.CH4O3S/c20-16-7-6-15(12-17(16)21)19(8-10-23)13-22(9-11-25-19)18(24)14-4-2-1-3-5-14;1-5(2,3)4/h6-7,12,14,23H,1-5,8-11,13H2;1H3,(H,2,3,4)/t19-;/m0./s1. The number of carbonyl (C=O) groups is 1. The van der Waals surface area contributed by atoms with E-state index in [-0.39, 0.29) is 18.4 Å². The molecular formula is C20H29Cl2NO6S. The average Bonchev–Trinajstić information content (AvgIpc) is 2.69. The van der Waals surface area contributed by atoms with Gasteiger partial charge in [-0.3, -0.25) is 9.35 Å². The van der Waals surface area contributed by atoms with Crippen LogP contribution in [0.15, 0.2) is 18.2 Å². The van der Waals surface area contributed by atoms with E-state index in [9.17, 15) is 18.3 Å². The number of amides is 1. The molecule has 30 heavy (non-hydrogen) atoms. The lowest BCUT2D eigenvalue weighted by atomic mass is 9.85. The van der Waals surface area contributed by atoms with Crippen molar-refractivity contribution in [3.8, 4) is 0 Å². The SMILES string of the molecule is CS(=O)(=O)O.O=C(C1CCCCC1)N1CCO[C@](CCO)(c2ccc(Cl)c(Cl)c2)C1. The fourth-order valence-corrected chi connectivity index (χ4v) is 4.31. The van der Waals surface area contributed by atoms with Gasteiger partial charge in [0.2, 0.25) is 5.91 Å². The Morgan fingerprint density at radius 1 is 1.23 bits per heavy atom. The fraction of sp³-hybridized carbons (Fsp3) is 0.650. The van der Waals surface area contributed by atoms with Crippen LogP contribution >= 0.6 is 23.2 Å². The molecule has 2 aliphatic rings. The van der Waals surface area contributed by atoms with Gasteiger partial charge in [-0.1, -0.05) is 48.5 Å². The molecule has 0 spiro atoms. The number of carbonyl (C=O) groups excluding carboxylic acids is 1. The molecule has 1 saturated carbocycles. The first-order chi connectivity index (χ1) is 14.1. The molecule has 2 N–H and O–H groups in total. The van der Waals surface area contributed by atoms with Crippen molar-refractivity contribution in [3.05, 3.63) is 33.8 Å². The third-order valence-corrected chi connectivity index (χ3v) is 6.15. The number of benzene rings is 1. The first-order valence-electron chi connectivity index (χ1n) is 9.97. The summed E-state index contributed by atoms with van der Waals surface area (Å²) in [6.45, 7) is 1.48. The summed E-state index contributed by atoms with van der Waals surface area (Å²) in [5.74, 6) is 0.359. The fourth-order valence-electron chi connectivity index (χ4n) is 4.01. The lowest BCUT2D eigenvalue weighted by Gasteiger charge is -2.44. The van der Waals surface area contributed by atoms with E-state index < -0.39 is 15.7 Å². The van der Waals surface area contributed by atoms with Gasteiger partial charge in [0.25, 0.3) is 10.1 Å². The van der Waals surface area contributed by atoms with Gasteiger partial charge in [-0.15, -0.1) is 0 Å². The topological polar surface area (TPSA) is 104 Å². The highest BCUT2D eigenvalue weighted by molar-refractivity contribution is 7.85. The molecule has 0 bridgehead atoms. The molecular weight excluding hydrogens is 453 g/mol. The molecule has 1 atom stereocenters. The van der Waals surface area contributed by atoms with Gasteiger partial charge in [-0.2, -0.15) is 8.42 Å². The largest absolute Gasteiger partial charge is 0.396 e. The highest BCUT2D eigenvalue weighted by Crippen LogP contribution is 2.37. The molecule has 7 nitrogen and oxygen atoms in total. The number of hydrogen-bond acceptors (Lipinski definition) is 5. The Kier molecular flexibility index (Phi) is 9.39. The van der Waals surface area contributed by atoms with Crippen molar-refractivity contribution in [1.29, 1.82) is 0 Å². The minimum atomic E-state index is -3.67. The molecule has 10 heteroatoms. The van der Waals surface area contributed by atoms with E-state index in [0.717, 1.165) is 31.2 Å². The summed E-state index contributed by atoms with van der Waals surface area (Å²) >= 11 is 12.2. The van der Waals surface area contributed by atoms with Crippen molar-refractivity contribution in [2.75, 3.05) is 32.6 Å². The van der Waals surface area contributed by atoms with E-state index in [1.165, 1.54) is 6.42 Å². The maximum atomic E-state index is 13.0. The second kappa shape index (κ2) is 11.1. The molecule has 1 aliphatic heterocycles. The number of aliphatic hydroxyl groups excluding tert-OH is 1. The van der Waals surface area contributed by atoms with Gasteiger partial charge in [0.05, 0.1) is 29.5 Å². The van der Waals surface area contributed by atoms with E-state index in [1.54, 1.807) is 12.1 Å². The van der Waals surface area contributed by atoms with E-state index in [4.69, 9.17) is 32.5 Å². The summed E-state index contributed by atoms with van der Waals surface area (Å²) in [5.41, 5.74) is 0.128. The molecule has 1 amide bonds. The Morgan fingerprint density at radius 2 is 1.87 bits per heavy atom. The van der Waals surface area contributed by atoms with Crippen molar-refractivity contribution in [2.24, 2.45) is 5.92 Å². The second-order valence-corrected chi connectivity index (χ2v) is 10.1. The average molecular weight is 482 g/mol. The second-order valence-electron chi connectivity index (χ2n) is 7.77. The molecule has 0 aromatic heterocycles. The summed E-state index contributed by atoms with van der Waals surface area (Å²) in [4.78, 5) is 14.9. The van der Waals surface area contributed by atoms with Crippen LogP contribution < -0.4 is 0 Å². The normalized spacial score (nSPS) is 22.9. The Hall–Kier alpha value is -0.900. The number of aliphatic hydroxyl groups is 1. The Labute approximate surface area is 188 Å². The molecule has 0 radical (unpaired) electrons. The molecule has 1 aromatic rings. The summed E-state index contributed by atoms with van der Waals surface area (Å²) in [7, 11) is -3.67. The molecule has 2 fully saturated rings. The molecule has 170 valence electrons. The van der Waals surface area contributed by atoms with Crippen LogP contribution in [0.4, 0.5) is 0 Å². The van der Waals surface area contributed by atoms with Crippen LogP contribution in [-0.4, -0.2) is 61.4 Å². The third kappa shape index (κ3) is 7.35. The van der Waals surface area contributed by atoms with Crippen LogP contribution in [0.5, 0.6) is 0 Å². The van der Waals surface area contributed by atoms with Gasteiger partial charge in [-0.05, 0) is 30.5 Å². The molecule has 1 saturated heterocycles. The summed E-state index contributed by atoms with van der Waals surface area (Å²) < 4.78 is 32.0. The van der Waals surface area contributed by atoms with Crippen LogP contribution in [-0.2, 0) is 25.3 Å². The van der Waals surface area contributed by atoms with Gasteiger partial charge in [-0.25, -0.2) is 0 Å². The molecule has 3 rings (SSSR count). The van der Waals surface area contributed by atoms with Crippen LogP contribution in [0.3, 0.4) is 0 Å². The van der Waals surface area contributed by atoms with E-state index >= 15 is 0 Å². The lowest BCUT2D eigenvalue weighted by Crippen LogP contribution is -2.53. The number of morpholine rings is 1. The number of nitrogens with zero attached hydrogens (tertiary/aromatic N) is 1. The number of rotatable bonds is 4. The third-order valence-electron chi connectivity index (χ3n) is 5.41. The Bertz CT molecular complexity index is 817. The minimum Gasteiger partial charge on any atom is -0.396 e. The summed E-state index contributed by atoms with van der Waals surface area (Å²) in [5, 5.41) is 10.5. The predicted octanol–water partition coefficient (Wildman–Crippen LogP) is 3.51. The zero-order valence-electron chi connectivity index (χ0n) is 17.0. The maximum absolute atomic E-state index is 13.0. The van der Waals surface area contributed by atoms with Crippen LogP contribution in [0.2, 0.25) is 10.0 Å². The highest BCUT2D eigenvalue weighted by Gasteiger charge is 2.41. The molecule has 1 aromatic carbocycles. The molecule has 1 heterocycles. The van der Waals surface area contributed by atoms with Crippen LogP contribution in [0.25, 0.3) is 0 Å². The van der Waals surface area contributed by atoms with Crippen molar-refractivity contribution in [1.82, 2.24) is 4.90 Å². The number of ether oxygens (including phenoxy) is 1.